The van der Waals surface area contributed by atoms with Gasteiger partial charge in [-0.3, -0.25) is 0 Å². The minimum Gasteiger partial charge on any atom is -0.207 e. The molecule has 0 aliphatic carbocycles. The van der Waals surface area contributed by atoms with Crippen molar-refractivity contribution in [1.82, 2.24) is 0 Å². The summed E-state index contributed by atoms with van der Waals surface area (Å²) < 4.78 is 48.9. The van der Waals surface area contributed by atoms with Gasteiger partial charge in [-0.15, -0.1) is 12.6 Å². The van der Waals surface area contributed by atoms with Crippen molar-refractivity contribution in [2.45, 2.75) is 11.3 Å². The summed E-state index contributed by atoms with van der Waals surface area (Å²) in [4.78, 5) is -0.373. The van der Waals surface area contributed by atoms with Crippen LogP contribution in [0.3, 0.4) is 0 Å². The van der Waals surface area contributed by atoms with E-state index < -0.39 is 23.6 Å². The van der Waals surface area contributed by atoms with Gasteiger partial charge in [-0.2, -0.15) is 0 Å². The minimum absolute atomic E-state index is 0.373. The van der Waals surface area contributed by atoms with E-state index in [9.17, 15) is 17.6 Å². The summed E-state index contributed by atoms with van der Waals surface area (Å²) >= 11 is 3.52. The van der Waals surface area contributed by atoms with Gasteiger partial charge in [0.2, 0.25) is 0 Å². The second-order valence-corrected chi connectivity index (χ2v) is 2.60. The van der Waals surface area contributed by atoms with Crippen LogP contribution in [0.1, 0.15) is 12.0 Å². The van der Waals surface area contributed by atoms with E-state index in [1.165, 1.54) is 0 Å². The van der Waals surface area contributed by atoms with Gasteiger partial charge >= 0.3 is 0 Å². The third-order valence-corrected chi connectivity index (χ3v) is 1.66. The number of rotatable bonds is 1. The van der Waals surface area contributed by atoms with Crippen molar-refractivity contribution in [1.29, 1.82) is 0 Å². The summed E-state index contributed by atoms with van der Waals surface area (Å²) in [6.45, 7) is 0. The van der Waals surface area contributed by atoms with Crippen molar-refractivity contribution in [3.63, 3.8) is 0 Å². The van der Waals surface area contributed by atoms with E-state index in [1.807, 2.05) is 0 Å². The second-order valence-electron chi connectivity index (χ2n) is 2.12. The van der Waals surface area contributed by atoms with Gasteiger partial charge in [-0.25, -0.2) is 17.6 Å². The Hall–Kier alpha value is -0.710. The first-order valence-electron chi connectivity index (χ1n) is 2.98. The lowest BCUT2D eigenvalue weighted by atomic mass is 10.2. The molecule has 0 unspecified atom stereocenters. The highest BCUT2D eigenvalue weighted by molar-refractivity contribution is 7.80. The monoisotopic (exact) mass is 196 g/mol. The van der Waals surface area contributed by atoms with E-state index >= 15 is 0 Å². The lowest BCUT2D eigenvalue weighted by Gasteiger charge is -2.04. The molecule has 0 aliphatic rings. The van der Waals surface area contributed by atoms with Gasteiger partial charge in [0, 0.05) is 11.0 Å². The van der Waals surface area contributed by atoms with Crippen molar-refractivity contribution in [2.75, 3.05) is 0 Å². The molecule has 12 heavy (non-hydrogen) atoms. The van der Waals surface area contributed by atoms with Crippen LogP contribution in [0, 0.1) is 11.6 Å². The van der Waals surface area contributed by atoms with Crippen LogP contribution in [-0.4, -0.2) is 0 Å². The summed E-state index contributed by atoms with van der Waals surface area (Å²) in [7, 11) is 0. The van der Waals surface area contributed by atoms with Gasteiger partial charge < -0.3 is 0 Å². The van der Waals surface area contributed by atoms with E-state index in [0.717, 1.165) is 6.07 Å². The van der Waals surface area contributed by atoms with Crippen molar-refractivity contribution in [3.05, 3.63) is 29.3 Å². The lowest BCUT2D eigenvalue weighted by Crippen LogP contribution is -1.94. The maximum Gasteiger partial charge on any atom is 0.267 e. The fraction of sp³-hybridized carbons (Fsp3) is 0.143. The van der Waals surface area contributed by atoms with Gasteiger partial charge in [-0.1, -0.05) is 0 Å². The fourth-order valence-corrected chi connectivity index (χ4v) is 1.11. The summed E-state index contributed by atoms with van der Waals surface area (Å²) in [6, 6.07) is 1.15. The Bertz CT molecular complexity index is 274. The van der Waals surface area contributed by atoms with Gasteiger partial charge in [0.25, 0.3) is 6.43 Å². The van der Waals surface area contributed by atoms with Crippen LogP contribution in [0.5, 0.6) is 0 Å². The molecule has 0 nitrogen and oxygen atoms in total. The van der Waals surface area contributed by atoms with Crippen molar-refractivity contribution in [3.8, 4) is 0 Å². The summed E-state index contributed by atoms with van der Waals surface area (Å²) in [5.74, 6) is -2.18. The Balaban J connectivity index is 3.28. The van der Waals surface area contributed by atoms with Crippen LogP contribution in [0.15, 0.2) is 17.0 Å². The molecule has 0 aliphatic heterocycles. The topological polar surface area (TPSA) is 0 Å². The number of hydrogen-bond acceptors (Lipinski definition) is 1. The molecular formula is C7H4F4S. The molecule has 0 saturated carbocycles. The number of thiol groups is 1. The Kier molecular flexibility index (Phi) is 2.62. The van der Waals surface area contributed by atoms with Crippen LogP contribution >= 0.6 is 12.6 Å². The van der Waals surface area contributed by atoms with Crippen molar-refractivity contribution < 1.29 is 17.6 Å². The van der Waals surface area contributed by atoms with Crippen LogP contribution in [0.25, 0.3) is 0 Å². The summed E-state index contributed by atoms with van der Waals surface area (Å²) in [6.07, 6.45) is -2.97. The van der Waals surface area contributed by atoms with Crippen LogP contribution < -0.4 is 0 Å². The molecule has 1 rings (SSSR count). The smallest absolute Gasteiger partial charge is 0.207 e. The molecule has 0 aromatic heterocycles. The maximum atomic E-state index is 12.6. The molecular weight excluding hydrogens is 192 g/mol. The molecule has 0 saturated heterocycles. The fourth-order valence-electron chi connectivity index (χ4n) is 0.787. The maximum absolute atomic E-state index is 12.6. The lowest BCUT2D eigenvalue weighted by molar-refractivity contribution is 0.142. The number of hydrogen-bond donors (Lipinski definition) is 1. The number of alkyl halides is 2. The SMILES string of the molecule is Fc1cc(F)c(C(F)F)c(S)c1. The highest BCUT2D eigenvalue weighted by Crippen LogP contribution is 2.28. The van der Waals surface area contributed by atoms with Crippen LogP contribution in [-0.2, 0) is 0 Å². The molecule has 0 atom stereocenters. The highest BCUT2D eigenvalue weighted by Gasteiger charge is 2.17. The molecule has 0 heterocycles. The third-order valence-electron chi connectivity index (χ3n) is 1.29. The van der Waals surface area contributed by atoms with E-state index in [-0.39, 0.29) is 4.90 Å². The van der Waals surface area contributed by atoms with E-state index in [0.29, 0.717) is 6.07 Å². The molecule has 0 N–H and O–H groups in total. The molecule has 1 aromatic rings. The van der Waals surface area contributed by atoms with Crippen LogP contribution in [0.2, 0.25) is 0 Å². The number of benzene rings is 1. The van der Waals surface area contributed by atoms with E-state index in [2.05, 4.69) is 12.6 Å². The van der Waals surface area contributed by atoms with E-state index in [4.69, 9.17) is 0 Å². The van der Waals surface area contributed by atoms with Gasteiger partial charge in [0.15, 0.2) is 0 Å². The highest BCUT2D eigenvalue weighted by atomic mass is 32.1. The zero-order valence-electron chi connectivity index (χ0n) is 5.69. The minimum atomic E-state index is -2.97. The Labute approximate surface area is 71.6 Å². The first kappa shape index (κ1) is 9.38. The predicted octanol–water partition coefficient (Wildman–Crippen LogP) is 3.19. The molecule has 0 amide bonds. The van der Waals surface area contributed by atoms with Crippen molar-refractivity contribution in [2.24, 2.45) is 0 Å². The van der Waals surface area contributed by atoms with Crippen LogP contribution in [0.4, 0.5) is 17.6 Å². The first-order valence-corrected chi connectivity index (χ1v) is 3.43. The molecule has 0 fully saturated rings. The summed E-state index contributed by atoms with van der Waals surface area (Å²) in [5.41, 5.74) is -0.861. The van der Waals surface area contributed by atoms with Crippen molar-refractivity contribution >= 4 is 12.6 Å². The predicted molar refractivity (Wildman–Crippen MR) is 38.6 cm³/mol. The Morgan fingerprint density at radius 1 is 1.17 bits per heavy atom. The summed E-state index contributed by atoms with van der Waals surface area (Å²) in [5, 5.41) is 0. The van der Waals surface area contributed by atoms with Gasteiger partial charge in [0.1, 0.15) is 11.6 Å². The Morgan fingerprint density at radius 2 is 1.75 bits per heavy atom. The molecule has 0 bridgehead atoms. The standard InChI is InChI=1S/C7H4F4S/c8-3-1-4(9)6(7(10)11)5(12)2-3/h1-2,7,12H. The van der Waals surface area contributed by atoms with Gasteiger partial charge in [0.05, 0.1) is 5.56 Å². The van der Waals surface area contributed by atoms with E-state index in [1.54, 1.807) is 0 Å². The Morgan fingerprint density at radius 3 is 2.17 bits per heavy atom. The molecule has 1 aromatic carbocycles. The molecule has 5 heteroatoms. The average molecular weight is 196 g/mol. The quantitative estimate of drug-likeness (QED) is 0.517. The molecule has 0 spiro atoms. The average Bonchev–Trinajstić information content (AvgIpc) is 1.82. The zero-order chi connectivity index (χ0) is 9.30. The second kappa shape index (κ2) is 3.35. The third kappa shape index (κ3) is 1.72. The molecule has 66 valence electrons. The first-order chi connectivity index (χ1) is 5.52. The normalized spacial score (nSPS) is 10.8. The van der Waals surface area contributed by atoms with Gasteiger partial charge in [-0.05, 0) is 6.07 Å². The largest absolute Gasteiger partial charge is 0.267 e. The zero-order valence-corrected chi connectivity index (χ0v) is 6.59. The number of halogens is 4. The molecule has 0 radical (unpaired) electrons.